The second kappa shape index (κ2) is 6.55. The predicted octanol–water partition coefficient (Wildman–Crippen LogP) is 2.91. The summed E-state index contributed by atoms with van der Waals surface area (Å²) in [5.41, 5.74) is 2.79. The number of aromatic nitrogens is 1. The number of likely N-dealkylation sites (N-methyl/N-ethyl adjacent to an activating group) is 1. The van der Waals surface area contributed by atoms with Gasteiger partial charge in [0.05, 0.1) is 6.61 Å². The number of rotatable bonds is 5. The van der Waals surface area contributed by atoms with Crippen LogP contribution in [0.4, 0.5) is 5.69 Å². The van der Waals surface area contributed by atoms with Gasteiger partial charge in [0.15, 0.2) is 0 Å². The number of benzene rings is 1. The molecule has 0 fully saturated rings. The molecule has 0 atom stereocenters. The van der Waals surface area contributed by atoms with E-state index < -0.39 is 0 Å². The summed E-state index contributed by atoms with van der Waals surface area (Å²) in [6.45, 7) is 0.771. The van der Waals surface area contributed by atoms with Crippen LogP contribution in [0.15, 0.2) is 42.6 Å². The summed E-state index contributed by atoms with van der Waals surface area (Å²) in [4.78, 5) is 6.39. The topological polar surface area (TPSA) is 36.4 Å². The molecule has 1 heterocycles. The van der Waals surface area contributed by atoms with E-state index in [1.807, 2.05) is 37.4 Å². The first-order valence-electron chi connectivity index (χ1n) is 6.21. The van der Waals surface area contributed by atoms with Crippen molar-refractivity contribution in [2.24, 2.45) is 0 Å². The standard InChI is InChI=1S/C15H17ClN2O/c1-18(10-8-12-5-2-3-9-17-12)15-7-4-6-14(16)13(15)11-19/h2-7,9,19H,8,10-11H2,1H3. The maximum absolute atomic E-state index is 9.41. The van der Waals surface area contributed by atoms with Crippen LogP contribution in [0.2, 0.25) is 5.02 Å². The van der Waals surface area contributed by atoms with E-state index in [2.05, 4.69) is 9.88 Å². The first-order valence-corrected chi connectivity index (χ1v) is 6.59. The molecule has 19 heavy (non-hydrogen) atoms. The Bertz CT molecular complexity index is 531. The van der Waals surface area contributed by atoms with Crippen LogP contribution in [0.5, 0.6) is 0 Å². The average molecular weight is 277 g/mol. The van der Waals surface area contributed by atoms with Crippen molar-refractivity contribution in [3.05, 3.63) is 58.9 Å². The van der Waals surface area contributed by atoms with E-state index in [0.717, 1.165) is 29.9 Å². The normalized spacial score (nSPS) is 10.5. The SMILES string of the molecule is CN(CCc1ccccn1)c1cccc(Cl)c1CO. The zero-order valence-corrected chi connectivity index (χ0v) is 11.6. The van der Waals surface area contributed by atoms with E-state index in [-0.39, 0.29) is 6.61 Å². The van der Waals surface area contributed by atoms with Crippen LogP contribution in [0.3, 0.4) is 0 Å². The molecule has 0 saturated heterocycles. The van der Waals surface area contributed by atoms with E-state index in [9.17, 15) is 5.11 Å². The summed E-state index contributed by atoms with van der Waals surface area (Å²) < 4.78 is 0. The monoisotopic (exact) mass is 276 g/mol. The third-order valence-electron chi connectivity index (χ3n) is 3.09. The fraction of sp³-hybridized carbons (Fsp3) is 0.267. The van der Waals surface area contributed by atoms with Crippen LogP contribution in [-0.4, -0.2) is 23.7 Å². The molecule has 3 nitrogen and oxygen atoms in total. The third-order valence-corrected chi connectivity index (χ3v) is 3.45. The Hall–Kier alpha value is -1.58. The molecule has 0 unspecified atom stereocenters. The molecule has 100 valence electrons. The van der Waals surface area contributed by atoms with Gasteiger partial charge in [-0.2, -0.15) is 0 Å². The first kappa shape index (κ1) is 13.8. The van der Waals surface area contributed by atoms with Crippen molar-refractivity contribution in [2.45, 2.75) is 13.0 Å². The van der Waals surface area contributed by atoms with Gasteiger partial charge >= 0.3 is 0 Å². The summed E-state index contributed by atoms with van der Waals surface area (Å²) in [7, 11) is 1.99. The van der Waals surface area contributed by atoms with Gasteiger partial charge in [0, 0.05) is 48.2 Å². The maximum Gasteiger partial charge on any atom is 0.0716 e. The molecule has 0 saturated carbocycles. The molecule has 2 aromatic rings. The molecule has 0 bridgehead atoms. The van der Waals surface area contributed by atoms with E-state index >= 15 is 0 Å². The van der Waals surface area contributed by atoms with E-state index in [4.69, 9.17) is 11.6 Å². The Labute approximate surface area is 118 Å². The lowest BCUT2D eigenvalue weighted by Crippen LogP contribution is -2.22. The molecule has 4 heteroatoms. The molecular weight excluding hydrogens is 260 g/mol. The fourth-order valence-corrected chi connectivity index (χ4v) is 2.24. The second-order valence-electron chi connectivity index (χ2n) is 4.39. The molecule has 2 rings (SSSR count). The van der Waals surface area contributed by atoms with Crippen LogP contribution < -0.4 is 4.90 Å². The Balaban J connectivity index is 2.08. The van der Waals surface area contributed by atoms with Gasteiger partial charge in [-0.05, 0) is 24.3 Å². The molecule has 0 aliphatic rings. The largest absolute Gasteiger partial charge is 0.392 e. The van der Waals surface area contributed by atoms with Crippen molar-refractivity contribution in [1.82, 2.24) is 4.98 Å². The van der Waals surface area contributed by atoms with Crippen molar-refractivity contribution in [1.29, 1.82) is 0 Å². The zero-order valence-electron chi connectivity index (χ0n) is 10.9. The number of pyridine rings is 1. The van der Waals surface area contributed by atoms with Crippen LogP contribution in [0, 0.1) is 0 Å². The van der Waals surface area contributed by atoms with E-state index in [1.165, 1.54) is 0 Å². The molecule has 1 aromatic heterocycles. The van der Waals surface area contributed by atoms with Crippen LogP contribution >= 0.6 is 11.6 Å². The van der Waals surface area contributed by atoms with Crippen molar-refractivity contribution in [3.8, 4) is 0 Å². The number of halogens is 1. The average Bonchev–Trinajstić information content (AvgIpc) is 2.45. The molecule has 1 aromatic carbocycles. The van der Waals surface area contributed by atoms with Gasteiger partial charge in [-0.1, -0.05) is 23.7 Å². The Morgan fingerprint density at radius 2 is 2.05 bits per heavy atom. The van der Waals surface area contributed by atoms with Gasteiger partial charge in [0.25, 0.3) is 0 Å². The summed E-state index contributed by atoms with van der Waals surface area (Å²) in [6, 6.07) is 11.6. The van der Waals surface area contributed by atoms with Gasteiger partial charge in [-0.25, -0.2) is 0 Å². The molecular formula is C15H17ClN2O. The second-order valence-corrected chi connectivity index (χ2v) is 4.80. The lowest BCUT2D eigenvalue weighted by molar-refractivity contribution is 0.282. The number of aliphatic hydroxyl groups is 1. The Kier molecular flexibility index (Phi) is 4.77. The van der Waals surface area contributed by atoms with Gasteiger partial charge in [-0.3, -0.25) is 4.98 Å². The van der Waals surface area contributed by atoms with Crippen LogP contribution in [0.25, 0.3) is 0 Å². The van der Waals surface area contributed by atoms with Crippen molar-refractivity contribution >= 4 is 17.3 Å². The number of aliphatic hydroxyl groups excluding tert-OH is 1. The summed E-state index contributed by atoms with van der Waals surface area (Å²) >= 11 is 6.09. The fourth-order valence-electron chi connectivity index (χ4n) is 2.01. The number of hydrogen-bond acceptors (Lipinski definition) is 3. The lowest BCUT2D eigenvalue weighted by atomic mass is 10.1. The molecule has 0 spiro atoms. The van der Waals surface area contributed by atoms with Crippen molar-refractivity contribution in [3.63, 3.8) is 0 Å². The highest BCUT2D eigenvalue weighted by molar-refractivity contribution is 6.31. The summed E-state index contributed by atoms with van der Waals surface area (Å²) in [5.74, 6) is 0. The minimum absolute atomic E-state index is 0.0526. The molecule has 0 aliphatic heterocycles. The highest BCUT2D eigenvalue weighted by Crippen LogP contribution is 2.26. The van der Waals surface area contributed by atoms with Crippen molar-refractivity contribution in [2.75, 3.05) is 18.5 Å². The minimum atomic E-state index is -0.0526. The molecule has 0 amide bonds. The highest BCUT2D eigenvalue weighted by Gasteiger charge is 2.10. The predicted molar refractivity (Wildman–Crippen MR) is 78.6 cm³/mol. The van der Waals surface area contributed by atoms with Gasteiger partial charge in [-0.15, -0.1) is 0 Å². The molecule has 0 radical (unpaired) electrons. The maximum atomic E-state index is 9.41. The number of anilines is 1. The third kappa shape index (κ3) is 3.46. The number of nitrogens with zero attached hydrogens (tertiary/aromatic N) is 2. The van der Waals surface area contributed by atoms with E-state index in [0.29, 0.717) is 5.02 Å². The van der Waals surface area contributed by atoms with E-state index in [1.54, 1.807) is 12.3 Å². The quantitative estimate of drug-likeness (QED) is 0.912. The van der Waals surface area contributed by atoms with Gasteiger partial charge < -0.3 is 10.0 Å². The summed E-state index contributed by atoms with van der Waals surface area (Å²) in [6.07, 6.45) is 2.66. The molecule has 1 N–H and O–H groups in total. The minimum Gasteiger partial charge on any atom is -0.392 e. The van der Waals surface area contributed by atoms with Crippen molar-refractivity contribution < 1.29 is 5.11 Å². The highest BCUT2D eigenvalue weighted by atomic mass is 35.5. The smallest absolute Gasteiger partial charge is 0.0716 e. The van der Waals surface area contributed by atoms with Gasteiger partial charge in [0.2, 0.25) is 0 Å². The zero-order chi connectivity index (χ0) is 13.7. The lowest BCUT2D eigenvalue weighted by Gasteiger charge is -2.22. The summed E-state index contributed by atoms with van der Waals surface area (Å²) in [5, 5.41) is 10.0. The Morgan fingerprint density at radius 3 is 2.74 bits per heavy atom. The Morgan fingerprint density at radius 1 is 1.21 bits per heavy atom. The van der Waals surface area contributed by atoms with Crippen LogP contribution in [0.1, 0.15) is 11.3 Å². The molecule has 0 aliphatic carbocycles. The first-order chi connectivity index (χ1) is 9.22. The van der Waals surface area contributed by atoms with Crippen LogP contribution in [-0.2, 0) is 13.0 Å². The van der Waals surface area contributed by atoms with Gasteiger partial charge in [0.1, 0.15) is 0 Å². The number of hydrogen-bond donors (Lipinski definition) is 1.